The Morgan fingerprint density at radius 2 is 2.03 bits per heavy atom. The molecule has 1 saturated heterocycles. The van der Waals surface area contributed by atoms with Gasteiger partial charge in [-0.15, -0.1) is 0 Å². The second kappa shape index (κ2) is 9.27. The maximum atomic E-state index is 13.5. The van der Waals surface area contributed by atoms with E-state index in [2.05, 4.69) is 9.88 Å². The average molecular weight is 439 g/mol. The Morgan fingerprint density at radius 3 is 2.81 bits per heavy atom. The number of anilines is 1. The third-order valence-electron chi connectivity index (χ3n) is 5.22. The van der Waals surface area contributed by atoms with Gasteiger partial charge in [0.15, 0.2) is 5.78 Å². The Hall–Kier alpha value is -3.25. The molecule has 0 radical (unpaired) electrons. The van der Waals surface area contributed by atoms with E-state index >= 15 is 0 Å². The van der Waals surface area contributed by atoms with Crippen LogP contribution in [-0.2, 0) is 11.2 Å². The highest BCUT2D eigenvalue weighted by atomic mass is 35.5. The lowest BCUT2D eigenvalue weighted by atomic mass is 9.98. The first-order valence-corrected chi connectivity index (χ1v) is 10.3. The topological polar surface area (TPSA) is 59.5 Å². The van der Waals surface area contributed by atoms with Crippen LogP contribution in [0.3, 0.4) is 0 Å². The van der Waals surface area contributed by atoms with Crippen molar-refractivity contribution in [3.63, 3.8) is 0 Å². The number of nitrogens with zero attached hydrogens (tertiary/aromatic N) is 2. The Morgan fingerprint density at radius 1 is 1.19 bits per heavy atom. The van der Waals surface area contributed by atoms with E-state index in [0.29, 0.717) is 23.0 Å². The molecule has 1 aromatic heterocycles. The number of carbonyl (C=O) groups excluding carboxylic acids is 2. The Labute approximate surface area is 184 Å². The number of halogens is 2. The molecule has 3 aromatic rings. The van der Waals surface area contributed by atoms with Gasteiger partial charge in [-0.05, 0) is 48.0 Å². The van der Waals surface area contributed by atoms with Gasteiger partial charge in [0.1, 0.15) is 23.2 Å². The van der Waals surface area contributed by atoms with Gasteiger partial charge in [0, 0.05) is 42.4 Å². The van der Waals surface area contributed by atoms with E-state index in [9.17, 15) is 14.0 Å². The van der Waals surface area contributed by atoms with E-state index < -0.39 is 5.82 Å². The number of rotatable bonds is 7. The minimum absolute atomic E-state index is 0.0925. The van der Waals surface area contributed by atoms with Crippen LogP contribution in [0.15, 0.2) is 60.8 Å². The molecule has 0 amide bonds. The van der Waals surface area contributed by atoms with E-state index in [1.54, 1.807) is 36.5 Å². The second-order valence-corrected chi connectivity index (χ2v) is 7.73. The number of ketones is 1. The fourth-order valence-corrected chi connectivity index (χ4v) is 3.91. The molecule has 1 fully saturated rings. The van der Waals surface area contributed by atoms with Crippen LogP contribution in [0, 0.1) is 5.82 Å². The van der Waals surface area contributed by atoms with Gasteiger partial charge in [0.2, 0.25) is 5.88 Å². The van der Waals surface area contributed by atoms with Crippen LogP contribution in [-0.4, -0.2) is 36.2 Å². The van der Waals surface area contributed by atoms with Gasteiger partial charge in [-0.25, -0.2) is 9.37 Å². The summed E-state index contributed by atoms with van der Waals surface area (Å²) in [6.45, 7) is 1.34. The van der Waals surface area contributed by atoms with Gasteiger partial charge in [-0.3, -0.25) is 4.79 Å². The van der Waals surface area contributed by atoms with Crippen molar-refractivity contribution >= 4 is 29.4 Å². The molecule has 0 aliphatic carbocycles. The van der Waals surface area contributed by atoms with Crippen LogP contribution in [0.25, 0.3) is 0 Å². The zero-order valence-electron chi connectivity index (χ0n) is 16.6. The van der Waals surface area contributed by atoms with Gasteiger partial charge >= 0.3 is 0 Å². The number of benzene rings is 2. The molecular formula is C24H20ClFN2O3. The summed E-state index contributed by atoms with van der Waals surface area (Å²) in [4.78, 5) is 30.3. The maximum Gasteiger partial charge on any atom is 0.232 e. The molecule has 1 aliphatic heterocycles. The zero-order valence-corrected chi connectivity index (χ0v) is 17.4. The first-order chi connectivity index (χ1) is 15.0. The van der Waals surface area contributed by atoms with Crippen molar-refractivity contribution in [2.75, 3.05) is 18.0 Å². The van der Waals surface area contributed by atoms with Gasteiger partial charge < -0.3 is 14.4 Å². The first-order valence-electron chi connectivity index (χ1n) is 9.94. The van der Waals surface area contributed by atoms with Crippen molar-refractivity contribution in [1.82, 2.24) is 4.98 Å². The zero-order chi connectivity index (χ0) is 21.8. The highest BCUT2D eigenvalue weighted by Gasteiger charge is 2.27. The van der Waals surface area contributed by atoms with E-state index in [-0.39, 0.29) is 23.9 Å². The lowest BCUT2D eigenvalue weighted by molar-refractivity contribution is -0.107. The Kier molecular flexibility index (Phi) is 6.28. The molecule has 5 nitrogen and oxygen atoms in total. The van der Waals surface area contributed by atoms with Crippen molar-refractivity contribution in [3.8, 4) is 5.88 Å². The summed E-state index contributed by atoms with van der Waals surface area (Å²) in [5.74, 6) is -0.350. The lowest BCUT2D eigenvalue weighted by Crippen LogP contribution is -2.26. The molecule has 2 heterocycles. The predicted octanol–water partition coefficient (Wildman–Crippen LogP) is 4.50. The van der Waals surface area contributed by atoms with Gasteiger partial charge in [-0.1, -0.05) is 23.7 Å². The van der Waals surface area contributed by atoms with Crippen LogP contribution in [0.1, 0.15) is 27.9 Å². The van der Waals surface area contributed by atoms with Crippen molar-refractivity contribution in [1.29, 1.82) is 0 Å². The largest absolute Gasteiger partial charge is 0.471 e. The van der Waals surface area contributed by atoms with E-state index in [4.69, 9.17) is 16.3 Å². The van der Waals surface area contributed by atoms with Crippen LogP contribution < -0.4 is 9.64 Å². The van der Waals surface area contributed by atoms with Crippen molar-refractivity contribution < 1.29 is 18.7 Å². The van der Waals surface area contributed by atoms with Crippen LogP contribution in [0.5, 0.6) is 5.88 Å². The fraction of sp³-hybridized carbons (Fsp3) is 0.208. The second-order valence-electron chi connectivity index (χ2n) is 7.32. The number of ether oxygens (including phenoxy) is 1. The van der Waals surface area contributed by atoms with E-state index in [0.717, 1.165) is 30.5 Å². The number of pyridine rings is 1. The van der Waals surface area contributed by atoms with Crippen molar-refractivity contribution in [2.45, 2.75) is 18.9 Å². The van der Waals surface area contributed by atoms with Gasteiger partial charge in [0.25, 0.3) is 0 Å². The van der Waals surface area contributed by atoms with E-state index in [1.165, 1.54) is 18.2 Å². The minimum atomic E-state index is -0.466. The standard InChI is InChI=1S/C24H20ClFN2O3/c25-21-5-2-10-27-24(21)31-20-8-11-28(15-20)22-7-6-18(13-16(22)9-12-29)23(30)17-3-1-4-19(26)14-17/h1-7,10,12-14,20H,8-9,11,15H2/t20-/m0/s1. The molecule has 0 unspecified atom stereocenters. The quantitative estimate of drug-likeness (QED) is 0.401. The molecule has 1 aliphatic rings. The summed E-state index contributed by atoms with van der Waals surface area (Å²) in [6, 6.07) is 14.3. The molecule has 158 valence electrons. The van der Waals surface area contributed by atoms with E-state index in [1.807, 2.05) is 6.07 Å². The highest BCUT2D eigenvalue weighted by Crippen LogP contribution is 2.30. The molecule has 2 aromatic carbocycles. The summed E-state index contributed by atoms with van der Waals surface area (Å²) >= 11 is 6.13. The lowest BCUT2D eigenvalue weighted by Gasteiger charge is -2.22. The smallest absolute Gasteiger partial charge is 0.232 e. The normalized spacial score (nSPS) is 15.7. The summed E-state index contributed by atoms with van der Waals surface area (Å²) in [6.07, 6.45) is 3.30. The molecule has 31 heavy (non-hydrogen) atoms. The minimum Gasteiger partial charge on any atom is -0.471 e. The van der Waals surface area contributed by atoms with Gasteiger partial charge in [-0.2, -0.15) is 0 Å². The SMILES string of the molecule is O=CCc1cc(C(=O)c2cccc(F)c2)ccc1N1CC[C@H](Oc2ncccc2Cl)C1. The average Bonchev–Trinajstić information content (AvgIpc) is 3.23. The molecule has 0 bridgehead atoms. The summed E-state index contributed by atoms with van der Waals surface area (Å²) in [7, 11) is 0. The fourth-order valence-electron chi connectivity index (χ4n) is 3.74. The Bertz CT molecular complexity index is 1120. The molecule has 1 atom stereocenters. The first kappa shape index (κ1) is 21.0. The van der Waals surface area contributed by atoms with Crippen molar-refractivity contribution in [2.24, 2.45) is 0 Å². The Balaban J connectivity index is 1.54. The van der Waals surface area contributed by atoms with Gasteiger partial charge in [0.05, 0.1) is 6.54 Å². The molecule has 0 saturated carbocycles. The van der Waals surface area contributed by atoms with Crippen molar-refractivity contribution in [3.05, 3.63) is 88.3 Å². The number of carbonyl (C=O) groups is 2. The third kappa shape index (κ3) is 4.75. The summed E-state index contributed by atoms with van der Waals surface area (Å²) in [5.41, 5.74) is 2.31. The monoisotopic (exact) mass is 438 g/mol. The predicted molar refractivity (Wildman–Crippen MR) is 117 cm³/mol. The number of aldehydes is 1. The summed E-state index contributed by atoms with van der Waals surface area (Å²) < 4.78 is 19.4. The van der Waals surface area contributed by atoms with Crippen LogP contribution in [0.4, 0.5) is 10.1 Å². The maximum absolute atomic E-state index is 13.5. The molecule has 0 N–H and O–H groups in total. The number of hydrogen-bond acceptors (Lipinski definition) is 5. The molecular weight excluding hydrogens is 419 g/mol. The summed E-state index contributed by atoms with van der Waals surface area (Å²) in [5, 5.41) is 0.461. The van der Waals surface area contributed by atoms with Crippen LogP contribution >= 0.6 is 11.6 Å². The molecule has 4 rings (SSSR count). The molecule has 0 spiro atoms. The number of hydrogen-bond donors (Lipinski definition) is 0. The van der Waals surface area contributed by atoms with Crippen LogP contribution in [0.2, 0.25) is 5.02 Å². The number of aromatic nitrogens is 1. The highest BCUT2D eigenvalue weighted by molar-refractivity contribution is 6.31. The third-order valence-corrected chi connectivity index (χ3v) is 5.51. The molecule has 7 heteroatoms.